The van der Waals surface area contributed by atoms with Gasteiger partial charge in [-0.2, -0.15) is 0 Å². The van der Waals surface area contributed by atoms with Gasteiger partial charge in [-0.05, 0) is 54.5 Å². The van der Waals surface area contributed by atoms with Crippen LogP contribution in [0.25, 0.3) is 17.3 Å². The van der Waals surface area contributed by atoms with Crippen LogP contribution in [-0.2, 0) is 4.79 Å². The number of nitrogens with one attached hydrogen (secondary N) is 1. The number of hydrogen-bond donors (Lipinski definition) is 1. The van der Waals surface area contributed by atoms with Gasteiger partial charge in [-0.3, -0.25) is 10.1 Å². The molecular formula is C21H19ClN2O2S. The van der Waals surface area contributed by atoms with Crippen LogP contribution in [0.3, 0.4) is 0 Å². The normalized spacial score (nSPS) is 10.9. The fourth-order valence-electron chi connectivity index (χ4n) is 2.30. The molecule has 4 nitrogen and oxygen atoms in total. The number of carbonyl (C=O) groups excluding carboxylic acids is 1. The van der Waals surface area contributed by atoms with Crippen molar-refractivity contribution in [2.75, 3.05) is 11.9 Å². The molecule has 3 aromatic rings. The van der Waals surface area contributed by atoms with Gasteiger partial charge in [0.1, 0.15) is 5.75 Å². The summed E-state index contributed by atoms with van der Waals surface area (Å²) in [6.07, 6.45) is 4.18. The van der Waals surface area contributed by atoms with E-state index in [1.54, 1.807) is 18.2 Å². The Morgan fingerprint density at radius 3 is 2.63 bits per heavy atom. The number of hydrogen-bond acceptors (Lipinski definition) is 4. The van der Waals surface area contributed by atoms with Crippen molar-refractivity contribution in [1.29, 1.82) is 0 Å². The van der Waals surface area contributed by atoms with E-state index in [0.717, 1.165) is 29.0 Å². The van der Waals surface area contributed by atoms with E-state index < -0.39 is 0 Å². The van der Waals surface area contributed by atoms with E-state index in [0.29, 0.717) is 16.8 Å². The second-order valence-corrected chi connectivity index (χ2v) is 7.08. The third-order valence-corrected chi connectivity index (χ3v) is 4.66. The smallest absolute Gasteiger partial charge is 0.250 e. The minimum absolute atomic E-state index is 0.228. The molecule has 0 unspecified atom stereocenters. The quantitative estimate of drug-likeness (QED) is 0.504. The highest BCUT2D eigenvalue weighted by Gasteiger charge is 2.07. The molecule has 0 saturated heterocycles. The molecular weight excluding hydrogens is 380 g/mol. The predicted molar refractivity (Wildman–Crippen MR) is 112 cm³/mol. The first kappa shape index (κ1) is 19.1. The van der Waals surface area contributed by atoms with Gasteiger partial charge >= 0.3 is 0 Å². The van der Waals surface area contributed by atoms with Gasteiger partial charge in [-0.15, -0.1) is 11.3 Å². The number of thiazole rings is 1. The number of benzene rings is 2. The number of carbonyl (C=O) groups is 1. The standard InChI is InChI=1S/C21H19ClN2O2S/c1-2-13-26-18-10-6-16(7-11-18)19-14-27-21(23-19)24-20(25)12-5-15-3-8-17(22)9-4-15/h3-12,14H,2,13H2,1H3,(H,23,24,25)/b12-5+. The summed E-state index contributed by atoms with van der Waals surface area (Å²) in [4.78, 5) is 16.5. The lowest BCUT2D eigenvalue weighted by Crippen LogP contribution is -2.07. The van der Waals surface area contributed by atoms with Crippen molar-refractivity contribution < 1.29 is 9.53 Å². The number of halogens is 1. The first-order chi connectivity index (χ1) is 13.1. The van der Waals surface area contributed by atoms with Gasteiger partial charge in [0.2, 0.25) is 5.91 Å². The van der Waals surface area contributed by atoms with Crippen LogP contribution in [0.5, 0.6) is 5.75 Å². The number of nitrogens with zero attached hydrogens (tertiary/aromatic N) is 1. The molecule has 2 aromatic carbocycles. The van der Waals surface area contributed by atoms with Crippen molar-refractivity contribution in [3.05, 3.63) is 70.6 Å². The monoisotopic (exact) mass is 398 g/mol. The average Bonchev–Trinajstić information content (AvgIpc) is 3.14. The molecule has 0 aliphatic carbocycles. The van der Waals surface area contributed by atoms with Crippen LogP contribution < -0.4 is 10.1 Å². The van der Waals surface area contributed by atoms with Crippen molar-refractivity contribution in [1.82, 2.24) is 4.98 Å². The van der Waals surface area contributed by atoms with Gasteiger partial charge in [-0.1, -0.05) is 30.7 Å². The molecule has 0 saturated carbocycles. The van der Waals surface area contributed by atoms with Gasteiger partial charge in [0.15, 0.2) is 5.13 Å². The van der Waals surface area contributed by atoms with E-state index >= 15 is 0 Å². The molecule has 1 amide bonds. The lowest BCUT2D eigenvalue weighted by molar-refractivity contribution is -0.111. The molecule has 1 N–H and O–H groups in total. The van der Waals surface area contributed by atoms with Crippen molar-refractivity contribution in [2.24, 2.45) is 0 Å². The second-order valence-electron chi connectivity index (χ2n) is 5.78. The third kappa shape index (κ3) is 5.67. The van der Waals surface area contributed by atoms with Crippen LogP contribution in [0, 0.1) is 0 Å². The zero-order valence-corrected chi connectivity index (χ0v) is 16.4. The van der Waals surface area contributed by atoms with E-state index in [1.807, 2.05) is 41.8 Å². The van der Waals surface area contributed by atoms with Gasteiger partial charge in [0.05, 0.1) is 12.3 Å². The zero-order chi connectivity index (χ0) is 19.1. The Morgan fingerprint density at radius 2 is 1.93 bits per heavy atom. The van der Waals surface area contributed by atoms with Gasteiger partial charge < -0.3 is 4.74 Å². The van der Waals surface area contributed by atoms with Crippen molar-refractivity contribution in [2.45, 2.75) is 13.3 Å². The number of anilines is 1. The number of ether oxygens (including phenoxy) is 1. The molecule has 1 aromatic heterocycles. The highest BCUT2D eigenvalue weighted by molar-refractivity contribution is 7.14. The fraction of sp³-hybridized carbons (Fsp3) is 0.143. The highest BCUT2D eigenvalue weighted by Crippen LogP contribution is 2.26. The summed E-state index contributed by atoms with van der Waals surface area (Å²) >= 11 is 7.24. The predicted octanol–water partition coefficient (Wildman–Crippen LogP) is 5.90. The molecule has 0 spiro atoms. The SMILES string of the molecule is CCCOc1ccc(-c2csc(NC(=O)/C=C/c3ccc(Cl)cc3)n2)cc1. The van der Waals surface area contributed by atoms with E-state index in [-0.39, 0.29) is 5.91 Å². The fourth-order valence-corrected chi connectivity index (χ4v) is 3.15. The Hall–Kier alpha value is -2.63. The molecule has 0 fully saturated rings. The molecule has 0 aliphatic heterocycles. The average molecular weight is 399 g/mol. The van der Waals surface area contributed by atoms with E-state index in [2.05, 4.69) is 17.2 Å². The summed E-state index contributed by atoms with van der Waals surface area (Å²) in [5.41, 5.74) is 2.70. The Labute approximate surface area is 167 Å². The first-order valence-corrected chi connectivity index (χ1v) is 9.83. The minimum atomic E-state index is -0.228. The minimum Gasteiger partial charge on any atom is -0.494 e. The van der Waals surface area contributed by atoms with Crippen LogP contribution in [0.15, 0.2) is 60.0 Å². The maximum atomic E-state index is 12.1. The van der Waals surface area contributed by atoms with Crippen molar-refractivity contribution in [3.8, 4) is 17.0 Å². The summed E-state index contributed by atoms with van der Waals surface area (Å²) in [7, 11) is 0. The maximum absolute atomic E-state index is 12.1. The summed E-state index contributed by atoms with van der Waals surface area (Å²) < 4.78 is 5.58. The summed E-state index contributed by atoms with van der Waals surface area (Å²) in [6, 6.07) is 15.0. The molecule has 6 heteroatoms. The Balaban J connectivity index is 1.60. The van der Waals surface area contributed by atoms with Crippen LogP contribution in [0.4, 0.5) is 5.13 Å². The molecule has 0 atom stereocenters. The summed E-state index contributed by atoms with van der Waals surface area (Å²) in [6.45, 7) is 2.78. The number of rotatable bonds is 7. The van der Waals surface area contributed by atoms with Gasteiger partial charge in [0, 0.05) is 22.0 Å². The molecule has 1 heterocycles. The van der Waals surface area contributed by atoms with Crippen molar-refractivity contribution >= 4 is 40.1 Å². The van der Waals surface area contributed by atoms with Crippen LogP contribution in [0.2, 0.25) is 5.02 Å². The van der Waals surface area contributed by atoms with E-state index in [1.165, 1.54) is 17.4 Å². The molecule has 0 radical (unpaired) electrons. The number of aromatic nitrogens is 1. The largest absolute Gasteiger partial charge is 0.494 e. The third-order valence-electron chi connectivity index (χ3n) is 3.65. The topological polar surface area (TPSA) is 51.2 Å². The van der Waals surface area contributed by atoms with Crippen LogP contribution >= 0.6 is 22.9 Å². The Morgan fingerprint density at radius 1 is 1.19 bits per heavy atom. The van der Waals surface area contributed by atoms with E-state index in [9.17, 15) is 4.79 Å². The summed E-state index contributed by atoms with van der Waals surface area (Å²) in [5, 5.41) is 5.92. The molecule has 0 bridgehead atoms. The van der Waals surface area contributed by atoms with E-state index in [4.69, 9.17) is 16.3 Å². The lowest BCUT2D eigenvalue weighted by Gasteiger charge is -2.04. The number of amides is 1. The lowest BCUT2D eigenvalue weighted by atomic mass is 10.2. The Bertz CT molecular complexity index is 918. The van der Waals surface area contributed by atoms with Gasteiger partial charge in [-0.25, -0.2) is 4.98 Å². The molecule has 3 rings (SSSR count). The van der Waals surface area contributed by atoms with Gasteiger partial charge in [0.25, 0.3) is 0 Å². The zero-order valence-electron chi connectivity index (χ0n) is 14.8. The van der Waals surface area contributed by atoms with Crippen LogP contribution in [0.1, 0.15) is 18.9 Å². The molecule has 27 heavy (non-hydrogen) atoms. The second kappa shape index (κ2) is 9.35. The summed E-state index contributed by atoms with van der Waals surface area (Å²) in [5.74, 6) is 0.617. The maximum Gasteiger partial charge on any atom is 0.250 e. The van der Waals surface area contributed by atoms with Crippen molar-refractivity contribution in [3.63, 3.8) is 0 Å². The first-order valence-electron chi connectivity index (χ1n) is 8.57. The Kier molecular flexibility index (Phi) is 6.63. The molecule has 138 valence electrons. The molecule has 0 aliphatic rings. The van der Waals surface area contributed by atoms with Crippen LogP contribution in [-0.4, -0.2) is 17.5 Å². The highest BCUT2D eigenvalue weighted by atomic mass is 35.5.